The molecule has 1 N–H and O–H groups in total. The van der Waals surface area contributed by atoms with Gasteiger partial charge in [0.15, 0.2) is 0 Å². The lowest BCUT2D eigenvalue weighted by Crippen LogP contribution is -2.25. The number of nitrogens with zero attached hydrogens (tertiary/aromatic N) is 1. The normalized spacial score (nSPS) is 15.5. The van der Waals surface area contributed by atoms with Crippen molar-refractivity contribution in [1.82, 2.24) is 0 Å². The van der Waals surface area contributed by atoms with Crippen LogP contribution in [-0.2, 0) is 11.2 Å². The Kier molecular flexibility index (Phi) is 3.76. The van der Waals surface area contributed by atoms with Crippen LogP contribution in [0.1, 0.15) is 24.5 Å². The smallest absolute Gasteiger partial charge is 0.331 e. The molecule has 0 saturated carbocycles. The molecule has 0 unspecified atom stereocenters. The number of hydrogen-bond acceptors (Lipinski definition) is 2. The monoisotopic (exact) mass is 309 g/mol. The molecule has 0 saturated heterocycles. The molecule has 4 heteroatoms. The van der Waals surface area contributed by atoms with Gasteiger partial charge >= 0.3 is 5.97 Å². The van der Waals surface area contributed by atoms with E-state index in [9.17, 15) is 4.79 Å². The van der Waals surface area contributed by atoms with Crippen molar-refractivity contribution >= 4 is 33.7 Å². The number of carboxylic acids is 1. The first-order valence-corrected chi connectivity index (χ1v) is 6.73. The van der Waals surface area contributed by atoms with Crippen molar-refractivity contribution in [3.8, 4) is 0 Å². The summed E-state index contributed by atoms with van der Waals surface area (Å²) < 4.78 is 1.00. The summed E-state index contributed by atoms with van der Waals surface area (Å²) in [5.41, 5.74) is 3.77. The maximum Gasteiger partial charge on any atom is 0.331 e. The summed E-state index contributed by atoms with van der Waals surface area (Å²) in [6.45, 7) is 2.64. The third-order valence-electron chi connectivity index (χ3n) is 3.21. The highest BCUT2D eigenvalue weighted by Gasteiger charge is 2.18. The molecule has 2 rings (SSSR count). The Morgan fingerprint density at radius 3 is 2.89 bits per heavy atom. The maximum absolute atomic E-state index is 10.9. The first-order chi connectivity index (χ1) is 8.49. The summed E-state index contributed by atoms with van der Waals surface area (Å²) in [5, 5.41) is 8.99. The molecule has 1 aliphatic heterocycles. The molecular formula is C14H16BrNO2. The summed E-state index contributed by atoms with van der Waals surface area (Å²) in [5.74, 6) is -0.873. The minimum Gasteiger partial charge on any atom is -0.478 e. The quantitative estimate of drug-likeness (QED) is 0.852. The highest BCUT2D eigenvalue weighted by atomic mass is 79.9. The van der Waals surface area contributed by atoms with Gasteiger partial charge in [-0.15, -0.1) is 0 Å². The van der Waals surface area contributed by atoms with Gasteiger partial charge in [0.05, 0.1) is 0 Å². The van der Waals surface area contributed by atoms with Crippen LogP contribution in [0.15, 0.2) is 22.2 Å². The fourth-order valence-electron chi connectivity index (χ4n) is 2.36. The van der Waals surface area contributed by atoms with Crippen molar-refractivity contribution in [3.63, 3.8) is 0 Å². The molecule has 1 aliphatic rings. The van der Waals surface area contributed by atoms with E-state index in [4.69, 9.17) is 5.11 Å². The number of carboxylic acid groups (broad SMARTS) is 1. The zero-order valence-corrected chi connectivity index (χ0v) is 12.1. The van der Waals surface area contributed by atoms with E-state index in [2.05, 4.69) is 33.9 Å². The summed E-state index contributed by atoms with van der Waals surface area (Å²) >= 11 is 3.49. The van der Waals surface area contributed by atoms with Crippen LogP contribution in [0, 0.1) is 0 Å². The second-order valence-electron chi connectivity index (χ2n) is 4.66. The van der Waals surface area contributed by atoms with Gasteiger partial charge in [-0.25, -0.2) is 4.79 Å². The third-order valence-corrected chi connectivity index (χ3v) is 3.67. The molecule has 0 amide bonds. The van der Waals surface area contributed by atoms with E-state index in [0.717, 1.165) is 35.1 Å². The van der Waals surface area contributed by atoms with Gasteiger partial charge in [-0.1, -0.05) is 15.9 Å². The van der Waals surface area contributed by atoms with Gasteiger partial charge in [0, 0.05) is 29.3 Å². The Balaban J connectivity index is 2.56. The minimum absolute atomic E-state index is 0.356. The fraction of sp³-hybridized carbons (Fsp3) is 0.357. The second kappa shape index (κ2) is 5.14. The van der Waals surface area contributed by atoms with E-state index in [1.165, 1.54) is 5.56 Å². The highest BCUT2D eigenvalue weighted by Crippen LogP contribution is 2.34. The number of aryl methyl sites for hydroxylation is 1. The van der Waals surface area contributed by atoms with E-state index in [1.807, 2.05) is 6.07 Å². The average Bonchev–Trinajstić information content (AvgIpc) is 2.28. The molecule has 1 heterocycles. The summed E-state index contributed by atoms with van der Waals surface area (Å²) in [6, 6.07) is 4.10. The van der Waals surface area contributed by atoms with Crippen LogP contribution in [0.3, 0.4) is 0 Å². The van der Waals surface area contributed by atoms with E-state index >= 15 is 0 Å². The Bertz CT molecular complexity index is 523. The van der Waals surface area contributed by atoms with Crippen LogP contribution >= 0.6 is 15.9 Å². The summed E-state index contributed by atoms with van der Waals surface area (Å²) in [7, 11) is 2.05. The third kappa shape index (κ3) is 2.58. The number of rotatable bonds is 2. The molecule has 0 aromatic heterocycles. The second-order valence-corrected chi connectivity index (χ2v) is 5.58. The number of benzene rings is 1. The van der Waals surface area contributed by atoms with Crippen molar-refractivity contribution in [3.05, 3.63) is 33.3 Å². The molecule has 1 aromatic rings. The first-order valence-electron chi connectivity index (χ1n) is 5.94. The van der Waals surface area contributed by atoms with Crippen LogP contribution in [0.5, 0.6) is 0 Å². The van der Waals surface area contributed by atoms with Crippen molar-refractivity contribution in [1.29, 1.82) is 0 Å². The lowest BCUT2D eigenvalue weighted by atomic mass is 9.97. The minimum atomic E-state index is -0.873. The van der Waals surface area contributed by atoms with Crippen molar-refractivity contribution < 1.29 is 9.90 Å². The van der Waals surface area contributed by atoms with Gasteiger partial charge in [0.1, 0.15) is 0 Å². The summed E-state index contributed by atoms with van der Waals surface area (Å²) in [4.78, 5) is 13.1. The van der Waals surface area contributed by atoms with Crippen molar-refractivity contribution in [2.75, 3.05) is 18.5 Å². The topological polar surface area (TPSA) is 40.5 Å². The van der Waals surface area contributed by atoms with Gasteiger partial charge in [0.25, 0.3) is 0 Å². The average molecular weight is 310 g/mol. The molecule has 0 aliphatic carbocycles. The van der Waals surface area contributed by atoms with Crippen LogP contribution < -0.4 is 4.90 Å². The predicted octanol–water partition coefficient (Wildman–Crippen LogP) is 3.32. The molecule has 3 nitrogen and oxygen atoms in total. The molecule has 18 heavy (non-hydrogen) atoms. The molecular weight excluding hydrogens is 294 g/mol. The summed E-state index contributed by atoms with van der Waals surface area (Å²) in [6.07, 6.45) is 3.93. The van der Waals surface area contributed by atoms with Gasteiger partial charge in [0.2, 0.25) is 0 Å². The van der Waals surface area contributed by atoms with Gasteiger partial charge in [-0.3, -0.25) is 0 Å². The maximum atomic E-state index is 10.9. The van der Waals surface area contributed by atoms with E-state index < -0.39 is 5.97 Å². The van der Waals surface area contributed by atoms with E-state index in [1.54, 1.807) is 13.0 Å². The van der Waals surface area contributed by atoms with Crippen LogP contribution in [0.4, 0.5) is 5.69 Å². The van der Waals surface area contributed by atoms with Crippen molar-refractivity contribution in [2.24, 2.45) is 0 Å². The molecule has 0 atom stereocenters. The van der Waals surface area contributed by atoms with Crippen molar-refractivity contribution in [2.45, 2.75) is 19.8 Å². The number of aliphatic carboxylic acids is 1. The molecule has 96 valence electrons. The molecule has 0 spiro atoms. The Morgan fingerprint density at radius 2 is 2.22 bits per heavy atom. The lowest BCUT2D eigenvalue weighted by Gasteiger charge is -2.29. The number of anilines is 1. The van der Waals surface area contributed by atoms with Crippen LogP contribution in [0.2, 0.25) is 0 Å². The Labute approximate surface area is 115 Å². The molecule has 1 aromatic carbocycles. The highest BCUT2D eigenvalue weighted by molar-refractivity contribution is 9.10. The number of hydrogen-bond donors (Lipinski definition) is 1. The van der Waals surface area contributed by atoms with Crippen LogP contribution in [0.25, 0.3) is 6.08 Å². The Morgan fingerprint density at radius 1 is 1.50 bits per heavy atom. The van der Waals surface area contributed by atoms with Gasteiger partial charge in [-0.2, -0.15) is 0 Å². The number of carbonyl (C=O) groups is 1. The molecule has 0 radical (unpaired) electrons. The predicted molar refractivity (Wildman–Crippen MR) is 77.0 cm³/mol. The first kappa shape index (κ1) is 13.1. The van der Waals surface area contributed by atoms with Crippen LogP contribution in [-0.4, -0.2) is 24.7 Å². The fourth-order valence-corrected chi connectivity index (χ4v) is 2.88. The van der Waals surface area contributed by atoms with Gasteiger partial charge in [-0.05, 0) is 49.1 Å². The Hall–Kier alpha value is -1.29. The SMILES string of the molecule is C/C(=C\c1cc(Br)cc2c1N(C)CCC2)C(=O)O. The molecule has 0 fully saturated rings. The zero-order chi connectivity index (χ0) is 13.3. The molecule has 0 bridgehead atoms. The number of halogens is 1. The lowest BCUT2D eigenvalue weighted by molar-refractivity contribution is -0.132. The standard InChI is InChI=1S/C14H16BrNO2/c1-9(14(17)18)6-11-8-12(15)7-10-4-3-5-16(2)13(10)11/h6-8H,3-5H2,1-2H3,(H,17,18)/b9-6+. The zero-order valence-electron chi connectivity index (χ0n) is 10.5. The van der Waals surface area contributed by atoms with E-state index in [0.29, 0.717) is 5.57 Å². The number of fused-ring (bicyclic) bond motifs is 1. The van der Waals surface area contributed by atoms with E-state index in [-0.39, 0.29) is 0 Å². The largest absolute Gasteiger partial charge is 0.478 e. The van der Waals surface area contributed by atoms with Gasteiger partial charge < -0.3 is 10.0 Å².